The molecule has 0 unspecified atom stereocenters. The monoisotopic (exact) mass is 600 g/mol. The van der Waals surface area contributed by atoms with Gasteiger partial charge in [-0.25, -0.2) is 17.9 Å². The fraction of sp³-hybridized carbons (Fsp3) is 0.333. The predicted molar refractivity (Wildman–Crippen MR) is 128 cm³/mol. The van der Waals surface area contributed by atoms with E-state index in [-0.39, 0.29) is 24.6 Å². The maximum Gasteiger partial charge on any atom is 0.407 e. The molecule has 0 aromatic heterocycles. The number of nitrogens with zero attached hydrogens (tertiary/aromatic N) is 2. The Labute approximate surface area is 209 Å². The Morgan fingerprint density at radius 1 is 1.27 bits per heavy atom. The summed E-state index contributed by atoms with van der Waals surface area (Å²) in [4.78, 5) is 13.6. The highest BCUT2D eigenvalue weighted by molar-refractivity contribution is 9.11. The lowest BCUT2D eigenvalue weighted by Gasteiger charge is -2.17. The first kappa shape index (κ1) is 25.3. The highest BCUT2D eigenvalue weighted by Crippen LogP contribution is 2.27. The van der Waals surface area contributed by atoms with Crippen LogP contribution >= 0.6 is 31.9 Å². The summed E-state index contributed by atoms with van der Waals surface area (Å²) in [7, 11) is -2.26. The molecular formula is C21H22Br2N4O5S. The quantitative estimate of drug-likeness (QED) is 0.445. The zero-order valence-electron chi connectivity index (χ0n) is 17.6. The number of hydrogen-bond donors (Lipinski definition) is 2. The van der Waals surface area contributed by atoms with E-state index in [1.165, 1.54) is 11.0 Å². The largest absolute Gasteiger partial charge is 0.497 e. The van der Waals surface area contributed by atoms with Crippen LogP contribution in [0.4, 0.5) is 4.79 Å². The van der Waals surface area contributed by atoms with Crippen molar-refractivity contribution in [3.63, 3.8) is 0 Å². The van der Waals surface area contributed by atoms with Gasteiger partial charge < -0.3 is 19.7 Å². The van der Waals surface area contributed by atoms with E-state index in [0.29, 0.717) is 21.1 Å². The summed E-state index contributed by atoms with van der Waals surface area (Å²) >= 11 is 6.53. The zero-order valence-corrected chi connectivity index (χ0v) is 21.6. The van der Waals surface area contributed by atoms with Gasteiger partial charge in [-0.2, -0.15) is 5.26 Å². The number of sulfonamides is 1. The van der Waals surface area contributed by atoms with Crippen LogP contribution in [0.15, 0.2) is 56.3 Å². The highest BCUT2D eigenvalue weighted by atomic mass is 79.9. The van der Waals surface area contributed by atoms with Gasteiger partial charge in [0.05, 0.1) is 18.0 Å². The van der Waals surface area contributed by atoms with E-state index in [9.17, 15) is 18.5 Å². The second-order valence-corrected chi connectivity index (χ2v) is 10.8. The molecular weight excluding hydrogens is 580 g/mol. The molecule has 1 saturated heterocycles. The maximum atomic E-state index is 12.8. The molecule has 1 amide bonds. The molecule has 1 fully saturated rings. The van der Waals surface area contributed by atoms with Crippen LogP contribution in [-0.2, 0) is 21.3 Å². The number of hydrogen-bond acceptors (Lipinski definition) is 7. The Hall–Kier alpha value is -2.33. The molecule has 2 aromatic carbocycles. The van der Waals surface area contributed by atoms with Gasteiger partial charge in [0, 0.05) is 28.1 Å². The van der Waals surface area contributed by atoms with Crippen molar-refractivity contribution < 1.29 is 22.7 Å². The minimum atomic E-state index is -3.82. The van der Waals surface area contributed by atoms with Gasteiger partial charge in [0.1, 0.15) is 12.4 Å². The smallest absolute Gasteiger partial charge is 0.407 e. The van der Waals surface area contributed by atoms with Crippen molar-refractivity contribution in [2.75, 3.05) is 20.3 Å². The van der Waals surface area contributed by atoms with Crippen LogP contribution < -0.4 is 14.8 Å². The standard InChI is InChI=1S/C21H22Br2N4O5S/c1-31-18-4-2-3-14(7-18)10-25-21(28)32-12-17-9-16(11-27(17)13-24)26-33(29,30)20-8-15(22)5-6-19(20)23/h2-8,16-17,26H,9-12H2,1H3,(H,25,28)/t16-,17-/m1/s1. The fourth-order valence-corrected chi connectivity index (χ4v) is 6.17. The van der Waals surface area contributed by atoms with Gasteiger partial charge in [-0.15, -0.1) is 0 Å². The van der Waals surface area contributed by atoms with Crippen molar-refractivity contribution in [1.82, 2.24) is 14.9 Å². The summed E-state index contributed by atoms with van der Waals surface area (Å²) in [6.45, 7) is 0.393. The Morgan fingerprint density at radius 3 is 2.79 bits per heavy atom. The van der Waals surface area contributed by atoms with Gasteiger partial charge >= 0.3 is 6.09 Å². The van der Waals surface area contributed by atoms with Gasteiger partial charge in [-0.1, -0.05) is 28.1 Å². The van der Waals surface area contributed by atoms with E-state index in [2.05, 4.69) is 41.9 Å². The second-order valence-electron chi connectivity index (χ2n) is 7.34. The molecule has 0 aliphatic carbocycles. The van der Waals surface area contributed by atoms with Crippen LogP contribution in [0.5, 0.6) is 5.75 Å². The third-order valence-corrected chi connectivity index (χ3v) is 8.03. The summed E-state index contributed by atoms with van der Waals surface area (Å²) in [5, 5.41) is 12.1. The van der Waals surface area contributed by atoms with Crippen LogP contribution in [0.3, 0.4) is 0 Å². The number of carbonyl (C=O) groups is 1. The second kappa shape index (κ2) is 11.2. The molecule has 3 rings (SSSR count). The number of nitrogens with one attached hydrogen (secondary N) is 2. The van der Waals surface area contributed by atoms with Crippen molar-refractivity contribution in [2.45, 2.75) is 29.9 Å². The predicted octanol–water partition coefficient (Wildman–Crippen LogP) is 3.35. The van der Waals surface area contributed by atoms with Gasteiger partial charge in [-0.3, -0.25) is 0 Å². The first-order valence-corrected chi connectivity index (χ1v) is 13.0. The Morgan fingerprint density at radius 2 is 2.06 bits per heavy atom. The van der Waals surface area contributed by atoms with Crippen LogP contribution in [0.1, 0.15) is 12.0 Å². The van der Waals surface area contributed by atoms with Crippen molar-refractivity contribution in [2.24, 2.45) is 0 Å². The van der Waals surface area contributed by atoms with E-state index in [1.807, 2.05) is 18.3 Å². The van der Waals surface area contributed by atoms with E-state index in [1.54, 1.807) is 31.4 Å². The molecule has 9 nitrogen and oxygen atoms in total. The number of amides is 1. The van der Waals surface area contributed by atoms with Crippen molar-refractivity contribution in [3.8, 4) is 11.9 Å². The number of methoxy groups -OCH3 is 1. The molecule has 0 spiro atoms. The maximum absolute atomic E-state index is 12.8. The van der Waals surface area contributed by atoms with Crippen LogP contribution in [0.2, 0.25) is 0 Å². The molecule has 1 heterocycles. The molecule has 176 valence electrons. The van der Waals surface area contributed by atoms with Gasteiger partial charge in [0.25, 0.3) is 0 Å². The third kappa shape index (κ3) is 6.83. The van der Waals surface area contributed by atoms with Crippen molar-refractivity contribution in [1.29, 1.82) is 5.26 Å². The van der Waals surface area contributed by atoms with Crippen LogP contribution in [-0.4, -0.2) is 51.8 Å². The minimum Gasteiger partial charge on any atom is -0.497 e. The molecule has 2 atom stereocenters. The van der Waals surface area contributed by atoms with E-state index in [0.717, 1.165) is 5.56 Å². The number of rotatable bonds is 8. The normalized spacial score (nSPS) is 17.9. The van der Waals surface area contributed by atoms with Crippen molar-refractivity contribution in [3.05, 3.63) is 57.0 Å². The van der Waals surface area contributed by atoms with E-state index >= 15 is 0 Å². The first-order chi connectivity index (χ1) is 15.7. The molecule has 1 aliphatic rings. The average molecular weight is 602 g/mol. The van der Waals surface area contributed by atoms with E-state index < -0.39 is 28.2 Å². The summed E-state index contributed by atoms with van der Waals surface area (Å²) < 4.78 is 39.8. The number of likely N-dealkylation sites (tertiary alicyclic amines) is 1. The Bertz CT molecular complexity index is 1160. The topological polar surface area (TPSA) is 121 Å². The highest BCUT2D eigenvalue weighted by Gasteiger charge is 2.35. The molecule has 1 aliphatic heterocycles. The lowest BCUT2D eigenvalue weighted by atomic mass is 10.2. The number of carbonyl (C=O) groups excluding carboxylic acids is 1. The lowest BCUT2D eigenvalue weighted by Crippen LogP contribution is -2.36. The molecule has 0 bridgehead atoms. The zero-order chi connectivity index (χ0) is 24.0. The summed E-state index contributed by atoms with van der Waals surface area (Å²) in [5.41, 5.74) is 0.846. The molecule has 0 radical (unpaired) electrons. The average Bonchev–Trinajstić information content (AvgIpc) is 3.18. The van der Waals surface area contributed by atoms with Gasteiger partial charge in [0.15, 0.2) is 6.19 Å². The van der Waals surface area contributed by atoms with E-state index in [4.69, 9.17) is 9.47 Å². The summed E-state index contributed by atoms with van der Waals surface area (Å²) in [5.74, 6) is 0.682. The number of nitriles is 1. The SMILES string of the molecule is COc1cccc(CNC(=O)OC[C@H]2C[C@@H](NS(=O)(=O)c3cc(Br)ccc3Br)CN2C#N)c1. The molecule has 12 heteroatoms. The van der Waals surface area contributed by atoms with Gasteiger partial charge in [-0.05, 0) is 58.2 Å². The Balaban J connectivity index is 1.54. The third-order valence-electron chi connectivity index (χ3n) is 5.03. The van der Waals surface area contributed by atoms with Crippen LogP contribution in [0, 0.1) is 11.5 Å². The molecule has 2 N–H and O–H groups in total. The molecule has 0 saturated carbocycles. The fourth-order valence-electron chi connectivity index (χ4n) is 3.43. The molecule has 33 heavy (non-hydrogen) atoms. The summed E-state index contributed by atoms with van der Waals surface area (Å²) in [6.07, 6.45) is 1.73. The number of halogens is 2. The number of ether oxygens (including phenoxy) is 2. The first-order valence-electron chi connectivity index (χ1n) is 9.89. The summed E-state index contributed by atoms with van der Waals surface area (Å²) in [6, 6.07) is 11.2. The van der Waals surface area contributed by atoms with Gasteiger partial charge in [0.2, 0.25) is 10.0 Å². The molecule has 2 aromatic rings. The lowest BCUT2D eigenvalue weighted by molar-refractivity contribution is 0.121. The van der Waals surface area contributed by atoms with Crippen molar-refractivity contribution >= 4 is 48.0 Å². The Kier molecular flexibility index (Phi) is 8.58. The van der Waals surface area contributed by atoms with Crippen LogP contribution in [0.25, 0.3) is 0 Å². The minimum absolute atomic E-state index is 0.0453. The number of benzene rings is 2. The number of alkyl carbamates (subject to hydrolysis) is 1.